The summed E-state index contributed by atoms with van der Waals surface area (Å²) in [6, 6.07) is -0.0997. The number of aryl methyl sites for hydroxylation is 2. The van der Waals surface area contributed by atoms with Crippen LogP contribution in [0.25, 0.3) is 0 Å². The molecular formula is C16H29N5O2S. The van der Waals surface area contributed by atoms with Crippen molar-refractivity contribution in [2.75, 3.05) is 32.1 Å². The fraction of sp³-hybridized carbons (Fsp3) is 0.750. The van der Waals surface area contributed by atoms with Crippen LogP contribution in [-0.2, 0) is 16.6 Å². The summed E-state index contributed by atoms with van der Waals surface area (Å²) in [5.74, 6) is 1.97. The molecule has 0 amide bonds. The van der Waals surface area contributed by atoms with E-state index >= 15 is 0 Å². The van der Waals surface area contributed by atoms with Crippen LogP contribution in [0.5, 0.6) is 0 Å². The highest BCUT2D eigenvalue weighted by atomic mass is 32.2. The molecule has 1 aromatic heterocycles. The van der Waals surface area contributed by atoms with E-state index in [0.29, 0.717) is 6.54 Å². The lowest BCUT2D eigenvalue weighted by atomic mass is 9.99. The van der Waals surface area contributed by atoms with Gasteiger partial charge < -0.3 is 4.90 Å². The molecule has 7 nitrogen and oxygen atoms in total. The van der Waals surface area contributed by atoms with Gasteiger partial charge in [0.05, 0.1) is 0 Å². The second-order valence-electron chi connectivity index (χ2n) is 6.59. The van der Waals surface area contributed by atoms with Crippen LogP contribution >= 0.6 is 0 Å². The van der Waals surface area contributed by atoms with E-state index < -0.39 is 10.2 Å². The Morgan fingerprint density at radius 1 is 1.33 bits per heavy atom. The Hall–Kier alpha value is -1.25. The van der Waals surface area contributed by atoms with Gasteiger partial charge in [-0.2, -0.15) is 17.4 Å². The number of hydrogen-bond donors (Lipinski definition) is 1. The van der Waals surface area contributed by atoms with Gasteiger partial charge in [0.25, 0.3) is 10.2 Å². The summed E-state index contributed by atoms with van der Waals surface area (Å²) in [6.45, 7) is 7.56. The number of nitrogens with one attached hydrogen (secondary N) is 1. The van der Waals surface area contributed by atoms with E-state index in [4.69, 9.17) is 0 Å². The number of anilines is 1. The third kappa shape index (κ3) is 4.23. The van der Waals surface area contributed by atoms with Crippen molar-refractivity contribution >= 4 is 16.0 Å². The topological polar surface area (TPSA) is 78.4 Å². The van der Waals surface area contributed by atoms with E-state index in [1.54, 1.807) is 14.1 Å². The van der Waals surface area contributed by atoms with Crippen molar-refractivity contribution in [2.45, 2.75) is 46.1 Å². The SMILES string of the molecule is CCC[C@H]1CN(c2nc(C)ncc2CC)C[C@@H]1NS(=O)(=O)N(C)C. The summed E-state index contributed by atoms with van der Waals surface area (Å²) < 4.78 is 28.5. The first-order valence-electron chi connectivity index (χ1n) is 8.55. The molecule has 0 radical (unpaired) electrons. The van der Waals surface area contributed by atoms with Crippen molar-refractivity contribution < 1.29 is 8.42 Å². The summed E-state index contributed by atoms with van der Waals surface area (Å²) in [6.07, 6.45) is 4.76. The summed E-state index contributed by atoms with van der Waals surface area (Å²) in [5.41, 5.74) is 1.10. The average Bonchev–Trinajstić information content (AvgIpc) is 2.89. The minimum atomic E-state index is -3.44. The minimum absolute atomic E-state index is 0.0997. The van der Waals surface area contributed by atoms with Crippen molar-refractivity contribution in [1.29, 1.82) is 0 Å². The lowest BCUT2D eigenvalue weighted by Gasteiger charge is -2.22. The molecule has 2 rings (SSSR count). The third-order valence-electron chi connectivity index (χ3n) is 4.52. The quantitative estimate of drug-likeness (QED) is 0.799. The molecule has 0 saturated carbocycles. The van der Waals surface area contributed by atoms with Gasteiger partial charge in [-0.25, -0.2) is 9.97 Å². The number of hydrogen-bond acceptors (Lipinski definition) is 5. The smallest absolute Gasteiger partial charge is 0.279 e. The lowest BCUT2D eigenvalue weighted by molar-refractivity contribution is 0.424. The molecule has 0 spiro atoms. The van der Waals surface area contributed by atoms with Crippen LogP contribution in [0.4, 0.5) is 5.82 Å². The lowest BCUT2D eigenvalue weighted by Crippen LogP contribution is -2.45. The molecule has 24 heavy (non-hydrogen) atoms. The highest BCUT2D eigenvalue weighted by Gasteiger charge is 2.36. The molecule has 8 heteroatoms. The average molecular weight is 356 g/mol. The number of aromatic nitrogens is 2. The Morgan fingerprint density at radius 3 is 2.62 bits per heavy atom. The molecule has 1 fully saturated rings. The predicted octanol–water partition coefficient (Wildman–Crippen LogP) is 1.35. The van der Waals surface area contributed by atoms with Gasteiger partial charge in [0, 0.05) is 45.0 Å². The van der Waals surface area contributed by atoms with Gasteiger partial charge in [-0.3, -0.25) is 0 Å². The van der Waals surface area contributed by atoms with Crippen LogP contribution in [0, 0.1) is 12.8 Å². The standard InChI is InChI=1S/C16H29N5O2S/c1-6-8-14-10-21(11-15(14)19-24(22,23)20(4)5)16-13(7-2)9-17-12(3)18-16/h9,14-15,19H,6-8,10-11H2,1-5H3/t14-,15-/m0/s1. The first kappa shape index (κ1) is 19.1. The van der Waals surface area contributed by atoms with E-state index in [2.05, 4.69) is 33.4 Å². The third-order valence-corrected chi connectivity index (χ3v) is 6.09. The van der Waals surface area contributed by atoms with Gasteiger partial charge in [0.15, 0.2) is 0 Å². The van der Waals surface area contributed by atoms with Crippen molar-refractivity contribution in [3.8, 4) is 0 Å². The van der Waals surface area contributed by atoms with Crippen molar-refractivity contribution in [3.63, 3.8) is 0 Å². The molecule has 1 aromatic rings. The van der Waals surface area contributed by atoms with E-state index in [1.165, 1.54) is 4.31 Å². The Balaban J connectivity index is 2.25. The Bertz CT molecular complexity index is 662. The summed E-state index contributed by atoms with van der Waals surface area (Å²) in [4.78, 5) is 11.1. The molecule has 1 saturated heterocycles. The molecule has 136 valence electrons. The zero-order valence-electron chi connectivity index (χ0n) is 15.3. The molecule has 1 aliphatic heterocycles. The van der Waals surface area contributed by atoms with Crippen LogP contribution in [0.1, 0.15) is 38.1 Å². The highest BCUT2D eigenvalue weighted by Crippen LogP contribution is 2.28. The van der Waals surface area contributed by atoms with Gasteiger partial charge in [0.2, 0.25) is 0 Å². The zero-order chi connectivity index (χ0) is 17.9. The molecule has 1 N–H and O–H groups in total. The molecule has 2 atom stereocenters. The molecule has 0 aliphatic carbocycles. The van der Waals surface area contributed by atoms with Crippen LogP contribution in [0.2, 0.25) is 0 Å². The van der Waals surface area contributed by atoms with E-state index in [0.717, 1.165) is 43.0 Å². The Morgan fingerprint density at radius 2 is 2.04 bits per heavy atom. The normalized spacial score (nSPS) is 21.7. The largest absolute Gasteiger partial charge is 0.354 e. The number of rotatable bonds is 7. The molecule has 0 bridgehead atoms. The molecule has 2 heterocycles. The van der Waals surface area contributed by atoms with Gasteiger partial charge in [0.1, 0.15) is 11.6 Å². The highest BCUT2D eigenvalue weighted by molar-refractivity contribution is 7.87. The fourth-order valence-electron chi connectivity index (χ4n) is 3.14. The molecule has 1 aliphatic rings. The maximum Gasteiger partial charge on any atom is 0.279 e. The summed E-state index contributed by atoms with van der Waals surface area (Å²) in [7, 11) is -0.341. The summed E-state index contributed by atoms with van der Waals surface area (Å²) >= 11 is 0. The first-order chi connectivity index (χ1) is 11.3. The fourth-order valence-corrected chi connectivity index (χ4v) is 4.00. The van der Waals surface area contributed by atoms with Gasteiger partial charge in [-0.05, 0) is 25.7 Å². The zero-order valence-corrected chi connectivity index (χ0v) is 16.1. The second kappa shape index (κ2) is 7.76. The molecular weight excluding hydrogens is 326 g/mol. The van der Waals surface area contributed by atoms with Gasteiger partial charge in [-0.1, -0.05) is 20.3 Å². The number of nitrogens with zero attached hydrogens (tertiary/aromatic N) is 4. The Kier molecular flexibility index (Phi) is 6.17. The summed E-state index contributed by atoms with van der Waals surface area (Å²) in [5, 5.41) is 0. The van der Waals surface area contributed by atoms with Crippen molar-refractivity contribution in [3.05, 3.63) is 17.6 Å². The van der Waals surface area contributed by atoms with Crippen molar-refractivity contribution in [2.24, 2.45) is 5.92 Å². The maximum absolute atomic E-state index is 12.2. The van der Waals surface area contributed by atoms with E-state index in [9.17, 15) is 8.42 Å². The maximum atomic E-state index is 12.2. The van der Waals surface area contributed by atoms with Gasteiger partial charge >= 0.3 is 0 Å². The van der Waals surface area contributed by atoms with E-state index in [-0.39, 0.29) is 12.0 Å². The predicted molar refractivity (Wildman–Crippen MR) is 96.3 cm³/mol. The first-order valence-corrected chi connectivity index (χ1v) is 9.99. The van der Waals surface area contributed by atoms with Crippen LogP contribution in [0.15, 0.2) is 6.20 Å². The monoisotopic (exact) mass is 355 g/mol. The second-order valence-corrected chi connectivity index (χ2v) is 8.50. The van der Waals surface area contributed by atoms with Crippen LogP contribution < -0.4 is 9.62 Å². The van der Waals surface area contributed by atoms with E-state index in [1.807, 2.05) is 13.1 Å². The van der Waals surface area contributed by atoms with Gasteiger partial charge in [-0.15, -0.1) is 0 Å². The molecule has 0 unspecified atom stereocenters. The molecule has 0 aromatic carbocycles. The van der Waals surface area contributed by atoms with Crippen LogP contribution in [0.3, 0.4) is 0 Å². The minimum Gasteiger partial charge on any atom is -0.354 e. The Labute approximate surface area is 145 Å². The van der Waals surface area contributed by atoms with Crippen LogP contribution in [-0.4, -0.2) is 55.9 Å². The van der Waals surface area contributed by atoms with Crippen molar-refractivity contribution in [1.82, 2.24) is 19.0 Å².